The molecule has 0 aliphatic carbocycles. The van der Waals surface area contributed by atoms with E-state index < -0.39 is 47.5 Å². The molecule has 0 aliphatic rings. The number of benzene rings is 4. The average Bonchev–Trinajstić information content (AvgIpc) is 2.99. The number of ketones is 2. The van der Waals surface area contributed by atoms with Gasteiger partial charge in [0.25, 0.3) is 5.91 Å². The lowest BCUT2D eigenvalue weighted by molar-refractivity contribution is -0.138. The van der Waals surface area contributed by atoms with Crippen LogP contribution in [0.4, 0.5) is 13.2 Å². The van der Waals surface area contributed by atoms with Crippen LogP contribution in [0.25, 0.3) is 11.1 Å². The molecule has 6 nitrogen and oxygen atoms in total. The topological polar surface area (TPSA) is 101 Å². The van der Waals surface area contributed by atoms with Gasteiger partial charge in [0, 0.05) is 29.7 Å². The molecule has 1 atom stereocenters. The van der Waals surface area contributed by atoms with E-state index in [1.807, 2.05) is 30.3 Å². The molecular formula is C33H26F3NO5. The Morgan fingerprint density at radius 3 is 1.95 bits per heavy atom. The van der Waals surface area contributed by atoms with Crippen LogP contribution in [-0.4, -0.2) is 35.1 Å². The summed E-state index contributed by atoms with van der Waals surface area (Å²) in [6.07, 6.45) is -5.28. The molecule has 4 aromatic rings. The molecule has 0 heterocycles. The van der Waals surface area contributed by atoms with Crippen LogP contribution in [0.2, 0.25) is 0 Å². The number of carboxylic acids is 1. The van der Waals surface area contributed by atoms with Gasteiger partial charge in [-0.2, -0.15) is 13.2 Å². The summed E-state index contributed by atoms with van der Waals surface area (Å²) < 4.78 is 39.8. The lowest BCUT2D eigenvalue weighted by atomic mass is 9.84. The molecule has 4 rings (SSSR count). The molecule has 9 heteroatoms. The third-order valence-corrected chi connectivity index (χ3v) is 6.69. The number of hydrogen-bond acceptors (Lipinski definition) is 4. The highest BCUT2D eigenvalue weighted by atomic mass is 19.4. The van der Waals surface area contributed by atoms with E-state index in [1.165, 1.54) is 30.3 Å². The number of carbonyl (C=O) groups is 4. The Morgan fingerprint density at radius 2 is 1.33 bits per heavy atom. The molecule has 4 aromatic carbocycles. The van der Waals surface area contributed by atoms with E-state index in [0.29, 0.717) is 11.1 Å². The normalized spacial score (nSPS) is 11.9. The maximum atomic E-state index is 13.7. The van der Waals surface area contributed by atoms with Gasteiger partial charge in [0.1, 0.15) is 0 Å². The van der Waals surface area contributed by atoms with Crippen molar-refractivity contribution in [2.24, 2.45) is 0 Å². The zero-order valence-corrected chi connectivity index (χ0v) is 22.2. The van der Waals surface area contributed by atoms with Crippen molar-refractivity contribution < 1.29 is 37.5 Å². The summed E-state index contributed by atoms with van der Waals surface area (Å²) in [6.45, 7) is -0.0680. The fourth-order valence-electron chi connectivity index (χ4n) is 4.44. The summed E-state index contributed by atoms with van der Waals surface area (Å²) in [7, 11) is 0. The molecule has 0 aliphatic heterocycles. The molecule has 1 amide bonds. The van der Waals surface area contributed by atoms with Gasteiger partial charge >= 0.3 is 12.1 Å². The molecule has 42 heavy (non-hydrogen) atoms. The van der Waals surface area contributed by atoms with Crippen molar-refractivity contribution in [1.29, 1.82) is 0 Å². The van der Waals surface area contributed by atoms with Gasteiger partial charge < -0.3 is 10.4 Å². The highest BCUT2D eigenvalue weighted by Gasteiger charge is 2.32. The number of aliphatic carboxylic acids is 1. The van der Waals surface area contributed by atoms with Gasteiger partial charge in [-0.05, 0) is 41.0 Å². The Labute approximate surface area is 239 Å². The first-order valence-electron chi connectivity index (χ1n) is 13.0. The molecule has 0 spiro atoms. The summed E-state index contributed by atoms with van der Waals surface area (Å²) in [6, 6.07) is 26.3. The van der Waals surface area contributed by atoms with Crippen LogP contribution in [-0.2, 0) is 11.0 Å². The minimum Gasteiger partial charge on any atom is -0.481 e. The van der Waals surface area contributed by atoms with Gasteiger partial charge in [0.05, 0.1) is 17.9 Å². The Balaban J connectivity index is 1.62. The van der Waals surface area contributed by atoms with E-state index in [2.05, 4.69) is 5.32 Å². The lowest BCUT2D eigenvalue weighted by Gasteiger charge is -2.17. The number of carbonyl (C=O) groups excluding carboxylic acids is 3. The van der Waals surface area contributed by atoms with Crippen molar-refractivity contribution in [2.75, 3.05) is 6.54 Å². The monoisotopic (exact) mass is 573 g/mol. The molecule has 2 N–H and O–H groups in total. The van der Waals surface area contributed by atoms with Crippen molar-refractivity contribution in [2.45, 2.75) is 24.9 Å². The van der Waals surface area contributed by atoms with Gasteiger partial charge in [-0.25, -0.2) is 0 Å². The van der Waals surface area contributed by atoms with Crippen LogP contribution in [0.15, 0.2) is 103 Å². The van der Waals surface area contributed by atoms with E-state index >= 15 is 0 Å². The fourth-order valence-corrected chi connectivity index (χ4v) is 4.44. The number of rotatable bonds is 11. The van der Waals surface area contributed by atoms with Crippen LogP contribution in [0.3, 0.4) is 0 Å². The SMILES string of the molecule is O=C(O)CCNC(=O)c1ccc(C(CC(=O)c2cccc(C(F)(F)F)c2)C(=O)c2ccc(-c3ccccc3)cc2)cc1. The highest BCUT2D eigenvalue weighted by Crippen LogP contribution is 2.32. The Morgan fingerprint density at radius 1 is 0.714 bits per heavy atom. The quantitative estimate of drug-likeness (QED) is 0.192. The van der Waals surface area contributed by atoms with Crippen LogP contribution in [0.1, 0.15) is 61.0 Å². The van der Waals surface area contributed by atoms with E-state index in [1.54, 1.807) is 24.3 Å². The lowest BCUT2D eigenvalue weighted by Crippen LogP contribution is -2.26. The average molecular weight is 574 g/mol. The van der Waals surface area contributed by atoms with Crippen LogP contribution >= 0.6 is 0 Å². The van der Waals surface area contributed by atoms with Gasteiger partial charge in [-0.1, -0.05) is 78.9 Å². The maximum Gasteiger partial charge on any atom is 0.416 e. The number of amides is 1. The van der Waals surface area contributed by atoms with Gasteiger partial charge in [-0.3, -0.25) is 19.2 Å². The van der Waals surface area contributed by atoms with Crippen molar-refractivity contribution in [3.8, 4) is 11.1 Å². The third kappa shape index (κ3) is 7.57. The number of Topliss-reactive ketones (excluding diaryl/α,β-unsaturated/α-hetero) is 2. The summed E-state index contributed by atoms with van der Waals surface area (Å²) in [5.41, 5.74) is 1.61. The maximum absolute atomic E-state index is 13.7. The van der Waals surface area contributed by atoms with Crippen LogP contribution in [0, 0.1) is 0 Å². The fraction of sp³-hybridized carbons (Fsp3) is 0.152. The number of halogens is 3. The number of alkyl halides is 3. The van der Waals surface area contributed by atoms with E-state index in [9.17, 15) is 32.3 Å². The van der Waals surface area contributed by atoms with Crippen molar-refractivity contribution >= 4 is 23.4 Å². The predicted octanol–water partition coefficient (Wildman–Crippen LogP) is 6.82. The van der Waals surface area contributed by atoms with E-state index in [4.69, 9.17) is 5.11 Å². The second-order valence-corrected chi connectivity index (χ2v) is 9.59. The Kier molecular flexibility index (Phi) is 9.32. The predicted molar refractivity (Wildman–Crippen MR) is 150 cm³/mol. The molecular weight excluding hydrogens is 547 g/mol. The smallest absolute Gasteiger partial charge is 0.416 e. The summed E-state index contributed by atoms with van der Waals surface area (Å²) in [4.78, 5) is 50.0. The minimum absolute atomic E-state index is 0.0680. The molecule has 0 fully saturated rings. The Hall–Kier alpha value is -5.05. The second-order valence-electron chi connectivity index (χ2n) is 9.59. The van der Waals surface area contributed by atoms with Crippen LogP contribution < -0.4 is 5.32 Å². The zero-order chi connectivity index (χ0) is 30.3. The van der Waals surface area contributed by atoms with Crippen molar-refractivity contribution in [3.05, 3.63) is 131 Å². The van der Waals surface area contributed by atoms with Crippen molar-refractivity contribution in [1.82, 2.24) is 5.32 Å². The molecule has 214 valence electrons. The number of nitrogens with one attached hydrogen (secondary N) is 1. The van der Waals surface area contributed by atoms with Crippen molar-refractivity contribution in [3.63, 3.8) is 0 Å². The largest absolute Gasteiger partial charge is 0.481 e. The van der Waals surface area contributed by atoms with Gasteiger partial charge in [0.2, 0.25) is 0 Å². The molecule has 0 bridgehead atoms. The second kappa shape index (κ2) is 13.1. The van der Waals surface area contributed by atoms with Gasteiger partial charge in [-0.15, -0.1) is 0 Å². The standard InChI is InChI=1S/C33H26F3NO5/c34-33(35,36)27-8-4-7-26(19-27)29(38)20-28(23-11-15-25(16-12-23)32(42)37-18-17-30(39)40)31(41)24-13-9-22(10-14-24)21-5-2-1-3-6-21/h1-16,19,28H,17-18,20H2,(H,37,42)(H,39,40). The van der Waals surface area contributed by atoms with Crippen LogP contribution in [0.5, 0.6) is 0 Å². The first-order chi connectivity index (χ1) is 20.0. The minimum atomic E-state index is -4.63. The Bertz CT molecular complexity index is 1580. The molecule has 0 saturated carbocycles. The van der Waals surface area contributed by atoms with Gasteiger partial charge in [0.15, 0.2) is 11.6 Å². The summed E-state index contributed by atoms with van der Waals surface area (Å²) >= 11 is 0. The number of carboxylic acid groups (broad SMARTS) is 1. The molecule has 1 unspecified atom stereocenters. The zero-order valence-electron chi connectivity index (χ0n) is 22.2. The molecule has 0 radical (unpaired) electrons. The summed E-state index contributed by atoms with van der Waals surface area (Å²) in [5.74, 6) is -3.67. The number of hydrogen-bond donors (Lipinski definition) is 2. The summed E-state index contributed by atoms with van der Waals surface area (Å²) in [5, 5.41) is 11.2. The van der Waals surface area contributed by atoms with E-state index in [0.717, 1.165) is 29.3 Å². The first-order valence-corrected chi connectivity index (χ1v) is 13.0. The molecule has 0 aromatic heterocycles. The first kappa shape index (κ1) is 29.9. The van der Waals surface area contributed by atoms with E-state index in [-0.39, 0.29) is 24.1 Å². The molecule has 0 saturated heterocycles. The highest BCUT2D eigenvalue weighted by molar-refractivity contribution is 6.06. The third-order valence-electron chi connectivity index (χ3n) is 6.69.